The summed E-state index contributed by atoms with van der Waals surface area (Å²) in [7, 11) is 0. The number of nitrogens with two attached hydrogens (primary N) is 2. The number of aromatic hydroxyl groups is 1. The van der Waals surface area contributed by atoms with Gasteiger partial charge in [0.2, 0.25) is 64.7 Å². The summed E-state index contributed by atoms with van der Waals surface area (Å²) in [6.07, 6.45) is -4.09. The van der Waals surface area contributed by atoms with Crippen LogP contribution in [0.2, 0.25) is 0 Å². The van der Waals surface area contributed by atoms with Crippen LogP contribution in [-0.4, -0.2) is 195 Å². The van der Waals surface area contributed by atoms with E-state index in [1.165, 1.54) is 38.1 Å². The smallest absolute Gasteiger partial charge is 0.305 e. The number of amides is 10. The van der Waals surface area contributed by atoms with E-state index in [9.17, 15) is 92.7 Å². The van der Waals surface area contributed by atoms with Crippen molar-refractivity contribution in [1.29, 1.82) is 0 Å². The van der Waals surface area contributed by atoms with Gasteiger partial charge in [0.15, 0.2) is 0 Å². The molecule has 460 valence electrons. The number of ketones is 2. The number of hydrogen-bond donors (Lipinski definition) is 18. The maximum atomic E-state index is 14.3. The first-order valence-corrected chi connectivity index (χ1v) is 26.3. The number of hydrogen-bond acceptors (Lipinski definition) is 20. The zero-order valence-electron chi connectivity index (χ0n) is 46.3. The molecule has 1 aliphatic rings. The number of phenols is 1. The molecule has 10 amide bonds. The van der Waals surface area contributed by atoms with Gasteiger partial charge in [-0.05, 0) is 47.9 Å². The lowest BCUT2D eigenvalue weighted by Gasteiger charge is -2.28. The maximum Gasteiger partial charge on any atom is 0.305 e. The Morgan fingerprint density at radius 3 is 1.44 bits per heavy atom. The molecular formula is C52H73N13O19. The summed E-state index contributed by atoms with van der Waals surface area (Å²) in [5.41, 5.74) is 17.1. The first-order valence-electron chi connectivity index (χ1n) is 26.3. The number of carbonyl (C=O) groups excluding carboxylic acids is 12. The van der Waals surface area contributed by atoms with E-state index in [1.54, 1.807) is 44.2 Å². The van der Waals surface area contributed by atoms with E-state index in [2.05, 4.69) is 42.8 Å². The van der Waals surface area contributed by atoms with Crippen molar-refractivity contribution >= 4 is 82.6 Å². The molecule has 2 aromatic rings. The average Bonchev–Trinajstić information content (AvgIpc) is 3.65. The lowest BCUT2D eigenvalue weighted by Crippen LogP contribution is -2.62. The Balaban J connectivity index is 2.14. The van der Waals surface area contributed by atoms with Crippen LogP contribution in [0.5, 0.6) is 5.75 Å². The van der Waals surface area contributed by atoms with Crippen molar-refractivity contribution in [3.05, 3.63) is 65.7 Å². The molecule has 32 nitrogen and oxygen atoms in total. The molecule has 1 heterocycles. The minimum Gasteiger partial charge on any atom is -0.508 e. The van der Waals surface area contributed by atoms with Gasteiger partial charge < -0.3 is 79.5 Å². The number of aliphatic hydroxyl groups is 2. The molecule has 5 unspecified atom stereocenters. The second kappa shape index (κ2) is 33.8. The molecule has 3 rings (SSSR count). The van der Waals surface area contributed by atoms with Gasteiger partial charge in [0.05, 0.1) is 51.1 Å². The van der Waals surface area contributed by atoms with Gasteiger partial charge in [-0.25, -0.2) is 5.43 Å². The molecule has 0 aromatic heterocycles. The van der Waals surface area contributed by atoms with Gasteiger partial charge in [0.25, 0.3) is 5.91 Å². The first-order chi connectivity index (χ1) is 39.5. The summed E-state index contributed by atoms with van der Waals surface area (Å²) in [4.78, 5) is 187. The molecule has 20 N–H and O–H groups in total. The fourth-order valence-corrected chi connectivity index (χ4v) is 8.05. The SMILES string of the molecule is CC(C)C[C@H]1NCC(=O)NCC(N)C(=O)NNC(Cc2ccc(O)cc2)C(=O)N[C@@H](Cc2ccccc2)C(=O)NC(CC(=O)O)C(=O)N[C@@H](CC(=O)O)C(=O)NC(CO)C(=O)N[C@@H](CO)C(=O)NC(CC(N)=O)C(=O)N[C@@H](C(C)C)C(=O)C1=O. The predicted molar refractivity (Wildman–Crippen MR) is 290 cm³/mol. The Morgan fingerprint density at radius 1 is 0.536 bits per heavy atom. The molecule has 0 bridgehead atoms. The molecule has 10 atom stereocenters. The molecule has 0 aliphatic carbocycles. The van der Waals surface area contributed by atoms with Gasteiger partial charge in [-0.15, -0.1) is 0 Å². The number of rotatable bonds is 15. The third kappa shape index (κ3) is 23.1. The fraction of sp³-hybridized carbons (Fsp3) is 0.500. The highest BCUT2D eigenvalue weighted by Crippen LogP contribution is 2.14. The van der Waals surface area contributed by atoms with Crippen LogP contribution in [0.4, 0.5) is 0 Å². The Bertz CT molecular complexity index is 2710. The standard InChI is InChI=1S/C52H73N13O19/c1-24(2)14-30-43(75)44(76)42(25(3)4)63-49(81)32(17-38(54)69)58-51(83)36(22-66)62-52(84)37(23-67)61-48(80)34(19-41(73)74)60-47(79)33(18-40(71)72)59-46(78)31(15-26-8-6-5-7-9-26)57-50(82)35(16-27-10-12-28(68)13-11-27)64-65-45(77)29(53)20-56-39(70)21-55-30/h5-13,24-25,29-37,42,55,64,66-68H,14-23,53H2,1-4H3,(H2,54,69)(H,56,70)(H,57,82)(H,58,83)(H,59,78)(H,60,79)(H,61,80)(H,62,84)(H,63,81)(H,65,77)(H,71,72)(H,73,74)/t29?,30-,31+,32?,33?,34+,35?,36+,37?,42+/m1/s1. The van der Waals surface area contributed by atoms with Crippen LogP contribution in [-0.2, 0) is 80.0 Å². The Labute approximate surface area is 480 Å². The second-order valence-corrected chi connectivity index (χ2v) is 20.3. The van der Waals surface area contributed by atoms with Crippen molar-refractivity contribution in [2.45, 2.75) is 127 Å². The molecule has 2 aromatic carbocycles. The normalized spacial score (nSPS) is 25.0. The van der Waals surface area contributed by atoms with Crippen molar-refractivity contribution in [2.24, 2.45) is 23.3 Å². The molecule has 32 heteroatoms. The number of primary amides is 1. The molecule has 1 saturated heterocycles. The minimum atomic E-state index is -2.21. The summed E-state index contributed by atoms with van der Waals surface area (Å²) in [6.45, 7) is 2.55. The van der Waals surface area contributed by atoms with Crippen molar-refractivity contribution in [1.82, 2.24) is 58.7 Å². The van der Waals surface area contributed by atoms with Crippen LogP contribution >= 0.6 is 0 Å². The molecule has 84 heavy (non-hydrogen) atoms. The Hall–Kier alpha value is -8.98. The highest BCUT2D eigenvalue weighted by Gasteiger charge is 2.39. The van der Waals surface area contributed by atoms with Crippen molar-refractivity contribution in [3.8, 4) is 5.75 Å². The van der Waals surface area contributed by atoms with Crippen molar-refractivity contribution < 1.29 is 92.7 Å². The molecular weight excluding hydrogens is 1110 g/mol. The number of carboxylic acid groups (broad SMARTS) is 2. The zero-order chi connectivity index (χ0) is 63.0. The lowest BCUT2D eigenvalue weighted by atomic mass is 9.90. The van der Waals surface area contributed by atoms with Gasteiger partial charge in [-0.3, -0.25) is 77.9 Å². The van der Waals surface area contributed by atoms with Gasteiger partial charge in [-0.1, -0.05) is 70.2 Å². The number of carbonyl (C=O) groups is 14. The summed E-state index contributed by atoms with van der Waals surface area (Å²) >= 11 is 0. The minimum absolute atomic E-state index is 0.0269. The first kappa shape index (κ1) is 69.3. The van der Waals surface area contributed by atoms with Crippen LogP contribution in [0, 0.1) is 11.8 Å². The van der Waals surface area contributed by atoms with E-state index in [0.717, 1.165) is 0 Å². The monoisotopic (exact) mass is 1180 g/mol. The van der Waals surface area contributed by atoms with E-state index in [4.69, 9.17) is 11.5 Å². The van der Waals surface area contributed by atoms with Gasteiger partial charge >= 0.3 is 11.9 Å². The van der Waals surface area contributed by atoms with Crippen LogP contribution < -0.4 is 70.2 Å². The molecule has 1 aliphatic heterocycles. The quantitative estimate of drug-likeness (QED) is 0.0737. The number of nitrogens with one attached hydrogen (secondary N) is 11. The Kier molecular flexibility index (Phi) is 27.9. The third-order valence-corrected chi connectivity index (χ3v) is 12.5. The second-order valence-electron chi connectivity index (χ2n) is 20.3. The van der Waals surface area contributed by atoms with E-state index >= 15 is 0 Å². The van der Waals surface area contributed by atoms with Crippen LogP contribution in [0.25, 0.3) is 0 Å². The van der Waals surface area contributed by atoms with Gasteiger partial charge in [0, 0.05) is 13.0 Å². The Morgan fingerprint density at radius 2 is 0.964 bits per heavy atom. The van der Waals surface area contributed by atoms with E-state index in [-0.39, 0.29) is 30.9 Å². The number of aliphatic carboxylic acids is 2. The highest BCUT2D eigenvalue weighted by atomic mass is 16.4. The van der Waals surface area contributed by atoms with E-state index in [1.807, 2.05) is 16.0 Å². The summed E-state index contributed by atoms with van der Waals surface area (Å²) in [5.74, 6) is -19.3. The van der Waals surface area contributed by atoms with Crippen LogP contribution in [0.1, 0.15) is 64.5 Å². The van der Waals surface area contributed by atoms with E-state index < -0.39 is 194 Å². The number of phenolic OH excluding ortho intramolecular Hbond substituents is 1. The molecule has 0 spiro atoms. The lowest BCUT2D eigenvalue weighted by molar-refractivity contribution is -0.143. The number of aliphatic hydroxyl groups excluding tert-OH is 2. The van der Waals surface area contributed by atoms with Crippen molar-refractivity contribution in [2.75, 3.05) is 26.3 Å². The zero-order valence-corrected chi connectivity index (χ0v) is 46.3. The van der Waals surface area contributed by atoms with Crippen LogP contribution in [0.15, 0.2) is 54.6 Å². The summed E-state index contributed by atoms with van der Waals surface area (Å²) < 4.78 is 0. The highest BCUT2D eigenvalue weighted by molar-refractivity contribution is 6.41. The topological polar surface area (TPSA) is 524 Å². The maximum absolute atomic E-state index is 14.3. The average molecular weight is 1180 g/mol. The fourth-order valence-electron chi connectivity index (χ4n) is 8.05. The van der Waals surface area contributed by atoms with Gasteiger partial charge in [-0.2, -0.15) is 0 Å². The van der Waals surface area contributed by atoms with Gasteiger partial charge in [0.1, 0.15) is 54.1 Å². The largest absolute Gasteiger partial charge is 0.508 e. The summed E-state index contributed by atoms with van der Waals surface area (Å²) in [5, 5.41) is 70.0. The number of benzene rings is 2. The van der Waals surface area contributed by atoms with Crippen LogP contribution in [0.3, 0.4) is 0 Å². The third-order valence-electron chi connectivity index (χ3n) is 12.5. The summed E-state index contributed by atoms with van der Waals surface area (Å²) in [6, 6.07) is -4.82. The molecule has 0 saturated carbocycles. The predicted octanol–water partition coefficient (Wildman–Crippen LogP) is -7.37. The van der Waals surface area contributed by atoms with E-state index in [0.29, 0.717) is 11.1 Å². The molecule has 1 fully saturated rings. The number of Topliss-reactive ketones (excluding diaryl/α,β-unsaturated/α-hetero) is 2. The molecule has 0 radical (unpaired) electrons. The number of carboxylic acids is 2. The van der Waals surface area contributed by atoms with Crippen molar-refractivity contribution in [3.63, 3.8) is 0 Å². The number of hydrazine groups is 1.